The van der Waals surface area contributed by atoms with Gasteiger partial charge in [-0.15, -0.1) is 6.58 Å². The molecule has 0 radical (unpaired) electrons. The number of ether oxygens (including phenoxy) is 3. The molecule has 5 heteroatoms. The highest BCUT2D eigenvalue weighted by Crippen LogP contribution is 2.37. The zero-order valence-electron chi connectivity index (χ0n) is 12.3. The van der Waals surface area contributed by atoms with Crippen LogP contribution in [0.5, 0.6) is 0 Å². The first kappa shape index (κ1) is 14.3. The molecule has 19 heavy (non-hydrogen) atoms. The summed E-state index contributed by atoms with van der Waals surface area (Å²) in [5, 5.41) is 0. The first-order valence-corrected chi connectivity index (χ1v) is 6.61. The van der Waals surface area contributed by atoms with Gasteiger partial charge in [-0.05, 0) is 34.6 Å². The van der Waals surface area contributed by atoms with Crippen LogP contribution in [0.2, 0.25) is 0 Å². The number of carbonyl (C=O) groups is 1. The van der Waals surface area contributed by atoms with Crippen LogP contribution in [0.25, 0.3) is 0 Å². The second-order valence-corrected chi connectivity index (χ2v) is 6.50. The van der Waals surface area contributed by atoms with Gasteiger partial charge in [-0.2, -0.15) is 0 Å². The number of hydrogen-bond acceptors (Lipinski definition) is 4. The fraction of sp³-hybridized carbons (Fsp3) is 0.786. The van der Waals surface area contributed by atoms with Crippen molar-refractivity contribution in [3.05, 3.63) is 12.7 Å². The Kier molecular flexibility index (Phi) is 3.39. The molecule has 0 aliphatic carbocycles. The highest BCUT2D eigenvalue weighted by molar-refractivity contribution is 5.69. The fourth-order valence-electron chi connectivity index (χ4n) is 2.56. The van der Waals surface area contributed by atoms with Gasteiger partial charge in [0.1, 0.15) is 17.8 Å². The maximum absolute atomic E-state index is 12.2. The predicted molar refractivity (Wildman–Crippen MR) is 70.8 cm³/mol. The molecule has 2 aliphatic heterocycles. The summed E-state index contributed by atoms with van der Waals surface area (Å²) in [4.78, 5) is 13.8. The molecule has 0 aromatic heterocycles. The van der Waals surface area contributed by atoms with E-state index in [1.165, 1.54) is 0 Å². The van der Waals surface area contributed by atoms with E-state index in [1.807, 2.05) is 34.6 Å². The number of fused-ring (bicyclic) bond motifs is 1. The number of likely N-dealkylation sites (tertiary alicyclic amines) is 1. The first-order valence-electron chi connectivity index (χ1n) is 6.61. The molecule has 3 atom stereocenters. The number of rotatable bonds is 1. The summed E-state index contributed by atoms with van der Waals surface area (Å²) in [5.41, 5.74) is -0.512. The van der Waals surface area contributed by atoms with Gasteiger partial charge in [-0.3, -0.25) is 4.90 Å². The van der Waals surface area contributed by atoms with E-state index in [0.29, 0.717) is 6.54 Å². The van der Waals surface area contributed by atoms with Gasteiger partial charge in [0.15, 0.2) is 5.79 Å². The van der Waals surface area contributed by atoms with E-state index in [0.717, 1.165) is 0 Å². The standard InChI is InChI=1S/C14H23NO4/c1-7-9-11-10(17-14(5,6)18-11)8-15(9)12(16)19-13(2,3)4/h7,9-11H,1,8H2,2-6H3/t9-,10+,11-/m0/s1. The van der Waals surface area contributed by atoms with Crippen LogP contribution in [-0.2, 0) is 14.2 Å². The zero-order chi connectivity index (χ0) is 14.4. The highest BCUT2D eigenvalue weighted by atomic mass is 16.8. The summed E-state index contributed by atoms with van der Waals surface area (Å²) in [6, 6.07) is -0.207. The highest BCUT2D eigenvalue weighted by Gasteiger charge is 2.53. The SMILES string of the molecule is C=C[C@H]1[C@@H]2OC(C)(C)O[C@@H]2CN1C(=O)OC(C)(C)C. The molecule has 0 N–H and O–H groups in total. The van der Waals surface area contributed by atoms with Gasteiger partial charge >= 0.3 is 6.09 Å². The van der Waals surface area contributed by atoms with Crippen molar-refractivity contribution in [2.75, 3.05) is 6.54 Å². The molecule has 1 amide bonds. The molecule has 0 aromatic carbocycles. The molecule has 0 bridgehead atoms. The van der Waals surface area contributed by atoms with Gasteiger partial charge in [0, 0.05) is 0 Å². The molecule has 0 spiro atoms. The van der Waals surface area contributed by atoms with E-state index in [1.54, 1.807) is 11.0 Å². The molecule has 2 fully saturated rings. The molecule has 0 saturated carbocycles. The molecule has 2 heterocycles. The van der Waals surface area contributed by atoms with Crippen LogP contribution in [0.3, 0.4) is 0 Å². The monoisotopic (exact) mass is 269 g/mol. The Labute approximate surface area is 114 Å². The van der Waals surface area contributed by atoms with Gasteiger partial charge < -0.3 is 14.2 Å². The van der Waals surface area contributed by atoms with E-state index < -0.39 is 11.4 Å². The lowest BCUT2D eigenvalue weighted by Crippen LogP contribution is -2.43. The van der Waals surface area contributed by atoms with Gasteiger partial charge in [-0.25, -0.2) is 4.79 Å². The Morgan fingerprint density at radius 3 is 2.58 bits per heavy atom. The molecule has 5 nitrogen and oxygen atoms in total. The van der Waals surface area contributed by atoms with E-state index in [9.17, 15) is 4.79 Å². The molecule has 2 aliphatic rings. The Morgan fingerprint density at radius 1 is 1.42 bits per heavy atom. The number of amides is 1. The molecule has 108 valence electrons. The van der Waals surface area contributed by atoms with Crippen LogP contribution >= 0.6 is 0 Å². The maximum atomic E-state index is 12.2. The average Bonchev–Trinajstić information content (AvgIpc) is 2.66. The third kappa shape index (κ3) is 2.92. The summed E-state index contributed by atoms with van der Waals surface area (Å²) in [6.45, 7) is 13.6. The molecular formula is C14H23NO4. The van der Waals surface area contributed by atoms with Crippen molar-refractivity contribution >= 4 is 6.09 Å². The van der Waals surface area contributed by atoms with Gasteiger partial charge in [0.05, 0.1) is 12.6 Å². The Balaban J connectivity index is 2.10. The van der Waals surface area contributed by atoms with Crippen molar-refractivity contribution in [3.8, 4) is 0 Å². The minimum atomic E-state index is -0.601. The minimum Gasteiger partial charge on any atom is -0.444 e. The fourth-order valence-corrected chi connectivity index (χ4v) is 2.56. The van der Waals surface area contributed by atoms with Gasteiger partial charge in [-0.1, -0.05) is 6.08 Å². The minimum absolute atomic E-state index is 0.120. The molecule has 2 rings (SSSR count). The van der Waals surface area contributed by atoms with Crippen LogP contribution in [0.4, 0.5) is 4.79 Å². The number of hydrogen-bond donors (Lipinski definition) is 0. The van der Waals surface area contributed by atoms with E-state index in [4.69, 9.17) is 14.2 Å². The van der Waals surface area contributed by atoms with Crippen molar-refractivity contribution in [2.45, 2.75) is 64.3 Å². The first-order chi connectivity index (χ1) is 8.63. The maximum Gasteiger partial charge on any atom is 0.410 e. The smallest absolute Gasteiger partial charge is 0.410 e. The summed E-state index contributed by atoms with van der Waals surface area (Å²) < 4.78 is 17.0. The average molecular weight is 269 g/mol. The summed E-state index contributed by atoms with van der Waals surface area (Å²) in [5.74, 6) is -0.601. The lowest BCUT2D eigenvalue weighted by Gasteiger charge is -2.30. The normalized spacial score (nSPS) is 33.1. The quantitative estimate of drug-likeness (QED) is 0.685. The summed E-state index contributed by atoms with van der Waals surface area (Å²) in [7, 11) is 0. The summed E-state index contributed by atoms with van der Waals surface area (Å²) >= 11 is 0. The topological polar surface area (TPSA) is 48.0 Å². The number of nitrogens with zero attached hydrogens (tertiary/aromatic N) is 1. The summed E-state index contributed by atoms with van der Waals surface area (Å²) in [6.07, 6.45) is 1.08. The van der Waals surface area contributed by atoms with Crippen molar-refractivity contribution in [2.24, 2.45) is 0 Å². The van der Waals surface area contributed by atoms with Gasteiger partial charge in [0.2, 0.25) is 0 Å². The Morgan fingerprint density at radius 2 is 2.05 bits per heavy atom. The Bertz CT molecular complexity index is 385. The second-order valence-electron chi connectivity index (χ2n) is 6.50. The molecule has 2 saturated heterocycles. The number of carbonyl (C=O) groups excluding carboxylic acids is 1. The molecular weight excluding hydrogens is 246 g/mol. The van der Waals surface area contributed by atoms with Gasteiger partial charge in [0.25, 0.3) is 0 Å². The van der Waals surface area contributed by atoms with E-state index in [2.05, 4.69) is 6.58 Å². The van der Waals surface area contributed by atoms with Crippen molar-refractivity contribution in [3.63, 3.8) is 0 Å². The van der Waals surface area contributed by atoms with Crippen LogP contribution < -0.4 is 0 Å². The largest absolute Gasteiger partial charge is 0.444 e. The van der Waals surface area contributed by atoms with Crippen LogP contribution in [0.15, 0.2) is 12.7 Å². The lowest BCUT2D eigenvalue weighted by atomic mass is 10.1. The molecule has 0 unspecified atom stereocenters. The third-order valence-electron chi connectivity index (χ3n) is 3.16. The van der Waals surface area contributed by atoms with E-state index >= 15 is 0 Å². The van der Waals surface area contributed by atoms with Crippen molar-refractivity contribution in [1.82, 2.24) is 4.90 Å². The van der Waals surface area contributed by atoms with Crippen molar-refractivity contribution < 1.29 is 19.0 Å². The van der Waals surface area contributed by atoms with Crippen LogP contribution in [0.1, 0.15) is 34.6 Å². The Hall–Kier alpha value is -1.07. The third-order valence-corrected chi connectivity index (χ3v) is 3.16. The lowest BCUT2D eigenvalue weighted by molar-refractivity contribution is -0.158. The molecule has 0 aromatic rings. The van der Waals surface area contributed by atoms with Crippen LogP contribution in [0, 0.1) is 0 Å². The zero-order valence-corrected chi connectivity index (χ0v) is 12.3. The predicted octanol–water partition coefficient (Wildman–Crippen LogP) is 2.31. The van der Waals surface area contributed by atoms with E-state index in [-0.39, 0.29) is 24.3 Å². The van der Waals surface area contributed by atoms with Crippen molar-refractivity contribution in [1.29, 1.82) is 0 Å². The van der Waals surface area contributed by atoms with Crippen LogP contribution in [-0.4, -0.2) is 47.2 Å². The second kappa shape index (κ2) is 4.49.